The van der Waals surface area contributed by atoms with Gasteiger partial charge in [-0.05, 0) is 30.2 Å². The predicted octanol–water partition coefficient (Wildman–Crippen LogP) is 3.25. The first kappa shape index (κ1) is 16.5. The number of pyridine rings is 2. The molecule has 4 nitrogen and oxygen atoms in total. The first-order valence-electron chi connectivity index (χ1n) is 7.35. The van der Waals surface area contributed by atoms with Crippen LogP contribution in [0.2, 0.25) is 0 Å². The van der Waals surface area contributed by atoms with Crippen molar-refractivity contribution in [3.8, 4) is 0 Å². The Morgan fingerprint density at radius 3 is 2.59 bits per heavy atom. The van der Waals surface area contributed by atoms with Crippen LogP contribution in [0.4, 0.5) is 0 Å². The quantitative estimate of drug-likeness (QED) is 0.736. The van der Waals surface area contributed by atoms with E-state index >= 15 is 0 Å². The van der Waals surface area contributed by atoms with E-state index in [1.54, 1.807) is 30.4 Å². The fourth-order valence-corrected chi connectivity index (χ4v) is 2.84. The molecule has 116 valence electrons. The van der Waals surface area contributed by atoms with Gasteiger partial charge in [-0.3, -0.25) is 14.8 Å². The maximum atomic E-state index is 12.5. The van der Waals surface area contributed by atoms with E-state index in [9.17, 15) is 4.79 Å². The molecular weight excluding hydrogens is 294 g/mol. The van der Waals surface area contributed by atoms with Crippen molar-refractivity contribution >= 4 is 17.7 Å². The van der Waals surface area contributed by atoms with Crippen LogP contribution in [0.5, 0.6) is 0 Å². The second-order valence-corrected chi connectivity index (χ2v) is 6.51. The molecule has 0 saturated heterocycles. The number of thioether (sulfide) groups is 1. The van der Waals surface area contributed by atoms with Gasteiger partial charge < -0.3 is 4.90 Å². The Morgan fingerprint density at radius 2 is 1.95 bits per heavy atom. The SMILES string of the molecule is CC(C)CN(Cc1ccccn1)C(=O)CSc1ccncc1. The number of rotatable bonds is 7. The van der Waals surface area contributed by atoms with Gasteiger partial charge in [0, 0.05) is 30.0 Å². The van der Waals surface area contributed by atoms with Gasteiger partial charge in [-0.25, -0.2) is 0 Å². The van der Waals surface area contributed by atoms with Gasteiger partial charge in [0.15, 0.2) is 0 Å². The Labute approximate surface area is 136 Å². The zero-order valence-corrected chi connectivity index (χ0v) is 13.8. The van der Waals surface area contributed by atoms with Crippen LogP contribution < -0.4 is 0 Å². The third-order valence-electron chi connectivity index (χ3n) is 3.03. The lowest BCUT2D eigenvalue weighted by molar-refractivity contribution is -0.129. The summed E-state index contributed by atoms with van der Waals surface area (Å²) in [6.45, 7) is 5.55. The van der Waals surface area contributed by atoms with Crippen molar-refractivity contribution in [2.24, 2.45) is 5.92 Å². The molecule has 0 aliphatic heterocycles. The molecule has 2 rings (SSSR count). The van der Waals surface area contributed by atoms with E-state index in [0.717, 1.165) is 17.1 Å². The van der Waals surface area contributed by atoms with Crippen LogP contribution >= 0.6 is 11.8 Å². The van der Waals surface area contributed by atoms with Crippen LogP contribution in [0, 0.1) is 5.92 Å². The van der Waals surface area contributed by atoms with Crippen LogP contribution in [-0.4, -0.2) is 33.1 Å². The maximum Gasteiger partial charge on any atom is 0.233 e. The lowest BCUT2D eigenvalue weighted by Gasteiger charge is -2.24. The molecule has 0 radical (unpaired) electrons. The van der Waals surface area contributed by atoms with Crippen molar-refractivity contribution in [1.29, 1.82) is 0 Å². The van der Waals surface area contributed by atoms with E-state index in [2.05, 4.69) is 23.8 Å². The molecule has 2 aromatic heterocycles. The number of nitrogens with zero attached hydrogens (tertiary/aromatic N) is 3. The Morgan fingerprint density at radius 1 is 1.18 bits per heavy atom. The molecule has 0 saturated carbocycles. The Balaban J connectivity index is 1.96. The third-order valence-corrected chi connectivity index (χ3v) is 4.03. The summed E-state index contributed by atoms with van der Waals surface area (Å²) in [7, 11) is 0. The maximum absolute atomic E-state index is 12.5. The summed E-state index contributed by atoms with van der Waals surface area (Å²) in [5, 5.41) is 0. The van der Waals surface area contributed by atoms with Crippen molar-refractivity contribution in [2.75, 3.05) is 12.3 Å². The summed E-state index contributed by atoms with van der Waals surface area (Å²) in [4.78, 5) is 23.8. The van der Waals surface area contributed by atoms with E-state index in [1.807, 2.05) is 35.2 Å². The standard InChI is InChI=1S/C17H21N3OS/c1-14(2)11-20(12-15-5-3-4-8-19-15)17(21)13-22-16-6-9-18-10-7-16/h3-10,14H,11-13H2,1-2H3. The van der Waals surface area contributed by atoms with Gasteiger partial charge in [-0.15, -0.1) is 11.8 Å². The van der Waals surface area contributed by atoms with Gasteiger partial charge in [0.2, 0.25) is 5.91 Å². The molecule has 0 aromatic carbocycles. The molecule has 0 aliphatic carbocycles. The van der Waals surface area contributed by atoms with Crippen LogP contribution in [0.15, 0.2) is 53.8 Å². The van der Waals surface area contributed by atoms with Crippen molar-refractivity contribution in [3.05, 3.63) is 54.6 Å². The first-order valence-corrected chi connectivity index (χ1v) is 8.34. The molecule has 22 heavy (non-hydrogen) atoms. The zero-order chi connectivity index (χ0) is 15.8. The van der Waals surface area contributed by atoms with Gasteiger partial charge in [0.1, 0.15) is 0 Å². The van der Waals surface area contributed by atoms with Gasteiger partial charge in [-0.2, -0.15) is 0 Å². The topological polar surface area (TPSA) is 46.1 Å². The Bertz CT molecular complexity index is 575. The van der Waals surface area contributed by atoms with Gasteiger partial charge >= 0.3 is 0 Å². The first-order chi connectivity index (χ1) is 10.6. The van der Waals surface area contributed by atoms with E-state index in [4.69, 9.17) is 0 Å². The number of carbonyl (C=O) groups excluding carboxylic acids is 1. The van der Waals surface area contributed by atoms with Crippen molar-refractivity contribution in [2.45, 2.75) is 25.3 Å². The van der Waals surface area contributed by atoms with Crippen molar-refractivity contribution < 1.29 is 4.79 Å². The van der Waals surface area contributed by atoms with Crippen LogP contribution in [-0.2, 0) is 11.3 Å². The molecule has 0 bridgehead atoms. The van der Waals surface area contributed by atoms with E-state index in [1.165, 1.54) is 0 Å². The van der Waals surface area contributed by atoms with Gasteiger partial charge in [0.05, 0.1) is 18.0 Å². The fourth-order valence-electron chi connectivity index (χ4n) is 2.05. The molecule has 0 aliphatic rings. The lowest BCUT2D eigenvalue weighted by atomic mass is 10.2. The number of aromatic nitrogens is 2. The largest absolute Gasteiger partial charge is 0.336 e. The van der Waals surface area contributed by atoms with Crippen LogP contribution in [0.25, 0.3) is 0 Å². The second kappa shape index (κ2) is 8.54. The number of amides is 1. The lowest BCUT2D eigenvalue weighted by Crippen LogP contribution is -2.35. The molecule has 5 heteroatoms. The third kappa shape index (κ3) is 5.48. The molecule has 2 aromatic rings. The molecule has 0 fully saturated rings. The van der Waals surface area contributed by atoms with Crippen molar-refractivity contribution in [3.63, 3.8) is 0 Å². The van der Waals surface area contributed by atoms with E-state index < -0.39 is 0 Å². The molecule has 0 spiro atoms. The summed E-state index contributed by atoms with van der Waals surface area (Å²) >= 11 is 1.54. The normalized spacial score (nSPS) is 10.7. The minimum absolute atomic E-state index is 0.140. The second-order valence-electron chi connectivity index (χ2n) is 5.46. The summed E-state index contributed by atoms with van der Waals surface area (Å²) in [5.41, 5.74) is 0.922. The number of carbonyl (C=O) groups is 1. The summed E-state index contributed by atoms with van der Waals surface area (Å²) in [6.07, 6.45) is 5.25. The summed E-state index contributed by atoms with van der Waals surface area (Å²) < 4.78 is 0. The predicted molar refractivity (Wildman–Crippen MR) is 89.5 cm³/mol. The Kier molecular flexibility index (Phi) is 6.40. The minimum Gasteiger partial charge on any atom is -0.336 e. The fraction of sp³-hybridized carbons (Fsp3) is 0.353. The highest BCUT2D eigenvalue weighted by Crippen LogP contribution is 2.17. The highest BCUT2D eigenvalue weighted by atomic mass is 32.2. The van der Waals surface area contributed by atoms with Crippen LogP contribution in [0.1, 0.15) is 19.5 Å². The summed E-state index contributed by atoms with van der Waals surface area (Å²) in [6, 6.07) is 9.63. The monoisotopic (exact) mass is 315 g/mol. The average molecular weight is 315 g/mol. The smallest absolute Gasteiger partial charge is 0.233 e. The van der Waals surface area contributed by atoms with Crippen LogP contribution in [0.3, 0.4) is 0 Å². The molecule has 2 heterocycles. The molecule has 0 N–H and O–H groups in total. The molecule has 0 unspecified atom stereocenters. The highest BCUT2D eigenvalue weighted by Gasteiger charge is 2.16. The Hall–Kier alpha value is -1.88. The van der Waals surface area contributed by atoms with E-state index in [-0.39, 0.29) is 5.91 Å². The number of hydrogen-bond donors (Lipinski definition) is 0. The average Bonchev–Trinajstić information content (AvgIpc) is 2.53. The highest BCUT2D eigenvalue weighted by molar-refractivity contribution is 8.00. The van der Waals surface area contributed by atoms with E-state index in [0.29, 0.717) is 18.2 Å². The summed E-state index contributed by atoms with van der Waals surface area (Å²) in [5.74, 6) is 1.00. The zero-order valence-electron chi connectivity index (χ0n) is 13.0. The van der Waals surface area contributed by atoms with Gasteiger partial charge in [-0.1, -0.05) is 19.9 Å². The number of hydrogen-bond acceptors (Lipinski definition) is 4. The molecular formula is C17H21N3OS. The minimum atomic E-state index is 0.140. The molecule has 0 atom stereocenters. The van der Waals surface area contributed by atoms with Gasteiger partial charge in [0.25, 0.3) is 0 Å². The molecule has 1 amide bonds. The van der Waals surface area contributed by atoms with Crippen molar-refractivity contribution in [1.82, 2.24) is 14.9 Å².